The van der Waals surface area contributed by atoms with E-state index in [0.29, 0.717) is 5.56 Å². The summed E-state index contributed by atoms with van der Waals surface area (Å²) >= 11 is 0. The van der Waals surface area contributed by atoms with Gasteiger partial charge in [0.05, 0.1) is 6.20 Å². The van der Waals surface area contributed by atoms with Crippen LogP contribution in [-0.4, -0.2) is 15.2 Å². The summed E-state index contributed by atoms with van der Waals surface area (Å²) < 4.78 is 37.6. The lowest BCUT2D eigenvalue weighted by molar-refractivity contribution is -0.140. The van der Waals surface area contributed by atoms with Crippen LogP contribution in [0.5, 0.6) is 0 Å². The minimum Gasteiger partial charge on any atom is -0.285 e. The average molecular weight is 213 g/mol. The summed E-state index contributed by atoms with van der Waals surface area (Å²) in [5.74, 6) is 0. The molecule has 1 N–H and O–H groups in total. The molecule has 0 aromatic carbocycles. The van der Waals surface area contributed by atoms with Gasteiger partial charge in [-0.1, -0.05) is 6.07 Å². The third kappa shape index (κ3) is 1.83. The van der Waals surface area contributed by atoms with E-state index in [4.69, 9.17) is 0 Å². The van der Waals surface area contributed by atoms with Gasteiger partial charge in [-0.2, -0.15) is 18.3 Å². The first kappa shape index (κ1) is 9.70. The van der Waals surface area contributed by atoms with Gasteiger partial charge in [-0.15, -0.1) is 0 Å². The molecule has 78 valence electrons. The van der Waals surface area contributed by atoms with Gasteiger partial charge >= 0.3 is 6.18 Å². The number of halogens is 3. The van der Waals surface area contributed by atoms with Crippen LogP contribution in [0.1, 0.15) is 5.69 Å². The molecule has 2 heterocycles. The monoisotopic (exact) mass is 213 g/mol. The number of pyridine rings is 1. The lowest BCUT2D eigenvalue weighted by Crippen LogP contribution is -2.09. The molecule has 0 spiro atoms. The van der Waals surface area contributed by atoms with Gasteiger partial charge in [0.2, 0.25) is 0 Å². The van der Waals surface area contributed by atoms with E-state index in [1.807, 2.05) is 0 Å². The maximum atomic E-state index is 12.5. The van der Waals surface area contributed by atoms with Crippen LogP contribution in [0.2, 0.25) is 0 Å². The molecule has 0 fully saturated rings. The minimum atomic E-state index is -4.45. The number of nitrogens with zero attached hydrogens (tertiary/aromatic N) is 2. The zero-order valence-electron chi connectivity index (χ0n) is 7.42. The first-order valence-electron chi connectivity index (χ1n) is 4.10. The molecular weight excluding hydrogens is 207 g/mol. The maximum Gasteiger partial charge on any atom is 0.433 e. The fourth-order valence-corrected chi connectivity index (χ4v) is 1.26. The molecule has 6 heteroatoms. The summed E-state index contributed by atoms with van der Waals surface area (Å²) in [5, 5.41) is 6.06. The lowest BCUT2D eigenvalue weighted by Gasteiger charge is -2.09. The molecule has 2 aromatic rings. The lowest BCUT2D eigenvalue weighted by atomic mass is 10.1. The molecule has 0 unspecified atom stereocenters. The van der Waals surface area contributed by atoms with Crippen LogP contribution in [0.3, 0.4) is 0 Å². The van der Waals surface area contributed by atoms with Crippen molar-refractivity contribution >= 4 is 0 Å². The molecule has 0 aliphatic rings. The van der Waals surface area contributed by atoms with Gasteiger partial charge in [0.1, 0.15) is 0 Å². The normalized spacial score (nSPS) is 11.7. The van der Waals surface area contributed by atoms with Crippen molar-refractivity contribution in [2.24, 2.45) is 0 Å². The highest BCUT2D eigenvalue weighted by Crippen LogP contribution is 2.34. The third-order valence-corrected chi connectivity index (χ3v) is 1.89. The third-order valence-electron chi connectivity index (χ3n) is 1.89. The van der Waals surface area contributed by atoms with Crippen molar-refractivity contribution in [2.45, 2.75) is 6.18 Å². The predicted molar refractivity (Wildman–Crippen MR) is 46.8 cm³/mol. The summed E-state index contributed by atoms with van der Waals surface area (Å²) in [6.07, 6.45) is -0.612. The number of rotatable bonds is 1. The number of aromatic amines is 1. The van der Waals surface area contributed by atoms with E-state index in [0.717, 1.165) is 6.20 Å². The fraction of sp³-hybridized carbons (Fsp3) is 0.111. The Hall–Kier alpha value is -1.85. The van der Waals surface area contributed by atoms with Gasteiger partial charge in [-0.25, -0.2) is 0 Å². The molecule has 0 aliphatic heterocycles. The summed E-state index contributed by atoms with van der Waals surface area (Å²) in [5.41, 5.74) is -0.499. The smallest absolute Gasteiger partial charge is 0.285 e. The number of alkyl halides is 3. The van der Waals surface area contributed by atoms with E-state index in [1.165, 1.54) is 24.5 Å². The van der Waals surface area contributed by atoms with Crippen molar-refractivity contribution in [1.82, 2.24) is 15.2 Å². The Bertz CT molecular complexity index is 448. The zero-order valence-corrected chi connectivity index (χ0v) is 7.42. The van der Waals surface area contributed by atoms with Crippen molar-refractivity contribution in [1.29, 1.82) is 0 Å². The molecule has 2 aromatic heterocycles. The van der Waals surface area contributed by atoms with E-state index < -0.39 is 11.9 Å². The van der Waals surface area contributed by atoms with Gasteiger partial charge in [-0.05, 0) is 6.07 Å². The zero-order chi connectivity index (χ0) is 10.9. The Morgan fingerprint density at radius 3 is 2.67 bits per heavy atom. The molecule has 0 atom stereocenters. The number of hydrogen-bond acceptors (Lipinski definition) is 2. The van der Waals surface area contributed by atoms with Crippen LogP contribution >= 0.6 is 0 Å². The number of aromatic nitrogens is 3. The summed E-state index contributed by atoms with van der Waals surface area (Å²) in [4.78, 5) is 3.34. The molecule has 2 rings (SSSR count). The second-order valence-corrected chi connectivity index (χ2v) is 2.88. The van der Waals surface area contributed by atoms with Crippen molar-refractivity contribution in [3.63, 3.8) is 0 Å². The minimum absolute atomic E-state index is 0.0266. The maximum absolute atomic E-state index is 12.5. The summed E-state index contributed by atoms with van der Waals surface area (Å²) in [6, 6.07) is 2.82. The summed E-state index contributed by atoms with van der Waals surface area (Å²) in [7, 11) is 0. The van der Waals surface area contributed by atoms with Crippen LogP contribution in [0.4, 0.5) is 13.2 Å². The van der Waals surface area contributed by atoms with Crippen LogP contribution in [0.15, 0.2) is 30.7 Å². The van der Waals surface area contributed by atoms with E-state index in [2.05, 4.69) is 15.2 Å². The molecule has 15 heavy (non-hydrogen) atoms. The standard InChI is InChI=1S/C9H6F3N3/c10-9(11,12)8-7(2-1-3-13-8)6-4-14-15-5-6/h1-5H,(H,14,15). The number of H-pyrrole nitrogens is 1. The van der Waals surface area contributed by atoms with Gasteiger partial charge < -0.3 is 0 Å². The molecule has 0 bridgehead atoms. The average Bonchev–Trinajstić information content (AvgIpc) is 2.69. The molecule has 0 radical (unpaired) electrons. The van der Waals surface area contributed by atoms with Gasteiger partial charge in [0.15, 0.2) is 5.69 Å². The quantitative estimate of drug-likeness (QED) is 0.790. The molecular formula is C9H6F3N3. The second kappa shape index (κ2) is 3.38. The van der Waals surface area contributed by atoms with E-state index in [-0.39, 0.29) is 5.56 Å². The Balaban J connectivity index is 2.58. The highest BCUT2D eigenvalue weighted by Gasteiger charge is 2.35. The Morgan fingerprint density at radius 1 is 1.27 bits per heavy atom. The van der Waals surface area contributed by atoms with E-state index in [1.54, 1.807) is 0 Å². The number of nitrogens with one attached hydrogen (secondary N) is 1. The topological polar surface area (TPSA) is 41.6 Å². The van der Waals surface area contributed by atoms with Gasteiger partial charge in [-0.3, -0.25) is 10.1 Å². The van der Waals surface area contributed by atoms with Crippen LogP contribution in [0.25, 0.3) is 11.1 Å². The van der Waals surface area contributed by atoms with Crippen LogP contribution in [0, 0.1) is 0 Å². The van der Waals surface area contributed by atoms with Gasteiger partial charge in [0, 0.05) is 23.5 Å². The highest BCUT2D eigenvalue weighted by atomic mass is 19.4. The Morgan fingerprint density at radius 2 is 2.07 bits per heavy atom. The Labute approximate surface area is 83.0 Å². The first-order valence-corrected chi connectivity index (χ1v) is 4.10. The molecule has 0 saturated heterocycles. The van der Waals surface area contributed by atoms with E-state index in [9.17, 15) is 13.2 Å². The summed E-state index contributed by atoms with van der Waals surface area (Å²) in [6.45, 7) is 0. The van der Waals surface area contributed by atoms with Gasteiger partial charge in [0.25, 0.3) is 0 Å². The molecule has 3 nitrogen and oxygen atoms in total. The van der Waals surface area contributed by atoms with Crippen LogP contribution < -0.4 is 0 Å². The Kier molecular flexibility index (Phi) is 2.18. The van der Waals surface area contributed by atoms with Crippen molar-refractivity contribution in [3.05, 3.63) is 36.4 Å². The SMILES string of the molecule is FC(F)(F)c1ncccc1-c1cn[nH]c1. The second-order valence-electron chi connectivity index (χ2n) is 2.88. The fourth-order valence-electron chi connectivity index (χ4n) is 1.26. The molecule has 0 saturated carbocycles. The molecule has 0 aliphatic carbocycles. The number of hydrogen-bond donors (Lipinski definition) is 1. The van der Waals surface area contributed by atoms with E-state index >= 15 is 0 Å². The van der Waals surface area contributed by atoms with Crippen molar-refractivity contribution < 1.29 is 13.2 Å². The predicted octanol–water partition coefficient (Wildman–Crippen LogP) is 2.49. The first-order chi connectivity index (χ1) is 7.09. The largest absolute Gasteiger partial charge is 0.433 e. The highest BCUT2D eigenvalue weighted by molar-refractivity contribution is 5.64. The van der Waals surface area contributed by atoms with Crippen molar-refractivity contribution in [3.8, 4) is 11.1 Å². The molecule has 0 amide bonds. The van der Waals surface area contributed by atoms with Crippen LogP contribution in [-0.2, 0) is 6.18 Å². The van der Waals surface area contributed by atoms with Crippen molar-refractivity contribution in [2.75, 3.05) is 0 Å².